The summed E-state index contributed by atoms with van der Waals surface area (Å²) in [6, 6.07) is 22.2. The van der Waals surface area contributed by atoms with E-state index in [9.17, 15) is 19.8 Å². The average molecular weight is 513 g/mol. The van der Waals surface area contributed by atoms with Gasteiger partial charge in [-0.1, -0.05) is 72.8 Å². The number of aliphatic hydroxyl groups excluding tert-OH is 2. The summed E-state index contributed by atoms with van der Waals surface area (Å²) in [4.78, 5) is 30.8. The number of aliphatic hydroxyl groups is 2. The van der Waals surface area contributed by atoms with Crippen molar-refractivity contribution in [1.82, 2.24) is 9.80 Å². The molecule has 0 unspecified atom stereocenters. The monoisotopic (exact) mass is 512 g/mol. The molecule has 0 aliphatic rings. The maximum atomic E-state index is 13.7. The van der Waals surface area contributed by atoms with E-state index in [2.05, 4.69) is 0 Å². The number of carbonyl (C=O) groups is 2. The lowest BCUT2D eigenvalue weighted by Gasteiger charge is -2.28. The number of nitrogens with zero attached hydrogens (tertiary/aromatic N) is 2. The number of hydrogen-bond acceptors (Lipinski definition) is 4. The van der Waals surface area contributed by atoms with E-state index in [1.807, 2.05) is 88.4 Å². The van der Waals surface area contributed by atoms with E-state index < -0.39 is 12.2 Å². The summed E-state index contributed by atoms with van der Waals surface area (Å²) in [5.74, 6) is -0.406. The van der Waals surface area contributed by atoms with Crippen LogP contribution in [-0.2, 0) is 0 Å². The predicted octanol–water partition coefficient (Wildman–Crippen LogP) is 5.72. The third kappa shape index (κ3) is 4.89. The molecule has 0 saturated heterocycles. The van der Waals surface area contributed by atoms with Crippen LogP contribution in [0.15, 0.2) is 72.8 Å². The molecule has 4 aromatic carbocycles. The van der Waals surface area contributed by atoms with Gasteiger partial charge in [-0.25, -0.2) is 0 Å². The third-order valence-electron chi connectivity index (χ3n) is 7.39. The number of hydrogen-bond donors (Lipinski definition) is 2. The molecular weight excluding hydrogens is 476 g/mol. The molecule has 2 N–H and O–H groups in total. The van der Waals surface area contributed by atoms with Crippen LogP contribution < -0.4 is 0 Å². The van der Waals surface area contributed by atoms with E-state index in [1.54, 1.807) is 21.9 Å². The second kappa shape index (κ2) is 11.8. The Labute approximate surface area is 224 Å². The van der Waals surface area contributed by atoms with Gasteiger partial charge in [-0.05, 0) is 60.4 Å². The lowest BCUT2D eigenvalue weighted by molar-refractivity contribution is 0.0158. The molecule has 4 rings (SSSR count). The molecular formula is C32H36N2O4. The Morgan fingerprint density at radius 1 is 0.579 bits per heavy atom. The molecule has 0 fully saturated rings. The molecule has 38 heavy (non-hydrogen) atoms. The van der Waals surface area contributed by atoms with E-state index >= 15 is 0 Å². The van der Waals surface area contributed by atoms with Gasteiger partial charge in [-0.3, -0.25) is 9.59 Å². The first-order chi connectivity index (χ1) is 18.4. The number of carbonyl (C=O) groups excluding carboxylic acids is 2. The molecule has 0 spiro atoms. The van der Waals surface area contributed by atoms with Crippen LogP contribution in [0, 0.1) is 0 Å². The Morgan fingerprint density at radius 3 is 1.26 bits per heavy atom. The van der Waals surface area contributed by atoms with Gasteiger partial charge in [0.2, 0.25) is 0 Å². The molecule has 0 aliphatic carbocycles. The molecule has 0 saturated carbocycles. The fourth-order valence-corrected chi connectivity index (χ4v) is 5.23. The highest BCUT2D eigenvalue weighted by molar-refractivity contribution is 6.09. The quantitative estimate of drug-likeness (QED) is 0.300. The van der Waals surface area contributed by atoms with Crippen LogP contribution in [-0.4, -0.2) is 58.0 Å². The molecule has 4 aromatic rings. The zero-order chi connectivity index (χ0) is 27.4. The topological polar surface area (TPSA) is 81.1 Å². The van der Waals surface area contributed by atoms with Gasteiger partial charge < -0.3 is 20.0 Å². The van der Waals surface area contributed by atoms with Crippen molar-refractivity contribution >= 4 is 33.4 Å². The SMILES string of the molecule is CCN(CC)C(=O)c1c([C@H](O)[C@@H](O)c2ccc3ccccc3c2C(=O)N(CC)CC)ccc2ccccc12. The summed E-state index contributed by atoms with van der Waals surface area (Å²) < 4.78 is 0. The molecule has 6 heteroatoms. The number of fused-ring (bicyclic) bond motifs is 2. The highest BCUT2D eigenvalue weighted by Gasteiger charge is 2.31. The van der Waals surface area contributed by atoms with Gasteiger partial charge in [0.1, 0.15) is 12.2 Å². The van der Waals surface area contributed by atoms with Crippen LogP contribution in [0.2, 0.25) is 0 Å². The van der Waals surface area contributed by atoms with Crippen LogP contribution in [0.4, 0.5) is 0 Å². The summed E-state index contributed by atoms with van der Waals surface area (Å²) in [7, 11) is 0. The maximum absolute atomic E-state index is 13.7. The van der Waals surface area contributed by atoms with Gasteiger partial charge in [-0.2, -0.15) is 0 Å². The summed E-state index contributed by atoms with van der Waals surface area (Å²) in [6.45, 7) is 9.73. The van der Waals surface area contributed by atoms with Crippen molar-refractivity contribution in [2.24, 2.45) is 0 Å². The van der Waals surface area contributed by atoms with Crippen molar-refractivity contribution in [3.8, 4) is 0 Å². The van der Waals surface area contributed by atoms with E-state index in [4.69, 9.17) is 0 Å². The first-order valence-electron chi connectivity index (χ1n) is 13.4. The number of benzene rings is 4. The lowest BCUT2D eigenvalue weighted by atomic mass is 9.87. The fraction of sp³-hybridized carbons (Fsp3) is 0.312. The van der Waals surface area contributed by atoms with Crippen LogP contribution in [0.3, 0.4) is 0 Å². The molecule has 0 bridgehead atoms. The van der Waals surface area contributed by atoms with Crippen LogP contribution >= 0.6 is 0 Å². The van der Waals surface area contributed by atoms with Crippen LogP contribution in [0.5, 0.6) is 0 Å². The highest BCUT2D eigenvalue weighted by Crippen LogP contribution is 2.38. The Kier molecular flexibility index (Phi) is 8.45. The van der Waals surface area contributed by atoms with Gasteiger partial charge in [0, 0.05) is 26.2 Å². The largest absolute Gasteiger partial charge is 0.385 e. The van der Waals surface area contributed by atoms with Crippen molar-refractivity contribution < 1.29 is 19.8 Å². The van der Waals surface area contributed by atoms with Crippen molar-refractivity contribution in [1.29, 1.82) is 0 Å². The summed E-state index contributed by atoms with van der Waals surface area (Å²) in [6.07, 6.45) is -2.86. The first kappa shape index (κ1) is 27.3. The zero-order valence-electron chi connectivity index (χ0n) is 22.5. The molecule has 0 aliphatic heterocycles. The molecule has 2 atom stereocenters. The predicted molar refractivity (Wildman–Crippen MR) is 152 cm³/mol. The standard InChI is InChI=1S/C32H36N2O4/c1-5-33(6-2)31(37)27-23-15-11-9-13-21(23)17-19-25(27)29(35)30(36)26-20-18-22-14-10-12-16-24(22)28(26)32(38)34(7-3)8-4/h9-20,29-30,35-36H,5-8H2,1-4H3/t29-,30-/m0/s1. The third-order valence-corrected chi connectivity index (χ3v) is 7.39. The van der Waals surface area contributed by atoms with Crippen molar-refractivity contribution in [3.63, 3.8) is 0 Å². The second-order valence-corrected chi connectivity index (χ2v) is 9.35. The molecule has 2 amide bonds. The minimum atomic E-state index is -1.43. The molecule has 0 aromatic heterocycles. The number of rotatable bonds is 9. The van der Waals surface area contributed by atoms with E-state index in [-0.39, 0.29) is 11.8 Å². The minimum Gasteiger partial charge on any atom is -0.385 e. The van der Waals surface area contributed by atoms with E-state index in [0.29, 0.717) is 59.2 Å². The van der Waals surface area contributed by atoms with Crippen LogP contribution in [0.25, 0.3) is 21.5 Å². The van der Waals surface area contributed by atoms with E-state index in [1.165, 1.54) is 0 Å². The molecule has 0 radical (unpaired) electrons. The Morgan fingerprint density at radius 2 is 0.921 bits per heavy atom. The van der Waals surface area contributed by atoms with Gasteiger partial charge in [0.25, 0.3) is 11.8 Å². The van der Waals surface area contributed by atoms with Gasteiger partial charge in [0.15, 0.2) is 0 Å². The second-order valence-electron chi connectivity index (χ2n) is 9.35. The molecule has 198 valence electrons. The summed E-state index contributed by atoms with van der Waals surface area (Å²) in [5.41, 5.74) is 1.41. The lowest BCUT2D eigenvalue weighted by Crippen LogP contribution is -2.33. The van der Waals surface area contributed by atoms with Gasteiger partial charge in [-0.15, -0.1) is 0 Å². The van der Waals surface area contributed by atoms with Gasteiger partial charge in [0.05, 0.1) is 11.1 Å². The highest BCUT2D eigenvalue weighted by atomic mass is 16.3. The summed E-state index contributed by atoms with van der Waals surface area (Å²) >= 11 is 0. The molecule has 6 nitrogen and oxygen atoms in total. The fourth-order valence-electron chi connectivity index (χ4n) is 5.23. The Bertz CT molecular complexity index is 1350. The smallest absolute Gasteiger partial charge is 0.254 e. The first-order valence-corrected chi connectivity index (χ1v) is 13.4. The summed E-state index contributed by atoms with van der Waals surface area (Å²) in [5, 5.41) is 26.5. The van der Waals surface area contributed by atoms with Crippen molar-refractivity contribution in [3.05, 3.63) is 95.1 Å². The van der Waals surface area contributed by atoms with Crippen molar-refractivity contribution in [2.45, 2.75) is 39.9 Å². The Balaban J connectivity index is 1.90. The minimum absolute atomic E-state index is 0.203. The zero-order valence-corrected chi connectivity index (χ0v) is 22.5. The maximum Gasteiger partial charge on any atom is 0.254 e. The normalized spacial score (nSPS) is 12.9. The van der Waals surface area contributed by atoms with Crippen molar-refractivity contribution in [2.75, 3.05) is 26.2 Å². The number of amides is 2. The Hall–Kier alpha value is -3.74. The average Bonchev–Trinajstić information content (AvgIpc) is 2.96. The molecule has 0 heterocycles. The van der Waals surface area contributed by atoms with Crippen LogP contribution in [0.1, 0.15) is 71.7 Å². The van der Waals surface area contributed by atoms with E-state index in [0.717, 1.165) is 10.8 Å². The van der Waals surface area contributed by atoms with Gasteiger partial charge >= 0.3 is 0 Å².